The number of hydrogen-bond acceptors (Lipinski definition) is 2. The van der Waals surface area contributed by atoms with Crippen LogP contribution >= 0.6 is 0 Å². The lowest BCUT2D eigenvalue weighted by Gasteiger charge is -2.45. The Balaban J connectivity index is 1.66. The number of nitrogens with zero attached hydrogens (tertiary/aromatic N) is 2. The summed E-state index contributed by atoms with van der Waals surface area (Å²) in [6.07, 6.45) is 5.22. The van der Waals surface area contributed by atoms with Crippen molar-refractivity contribution in [2.45, 2.75) is 77.9 Å². The molecule has 1 saturated carbocycles. The van der Waals surface area contributed by atoms with Crippen LogP contribution in [-0.4, -0.2) is 39.4 Å². The molecule has 1 aromatic carbocycles. The molecule has 5 nitrogen and oxygen atoms in total. The van der Waals surface area contributed by atoms with Crippen LogP contribution in [0, 0.1) is 11.8 Å². The highest BCUT2D eigenvalue weighted by Crippen LogP contribution is 2.34. The van der Waals surface area contributed by atoms with Crippen LogP contribution in [0.15, 0.2) is 42.5 Å². The number of amides is 2. The Morgan fingerprint density at radius 3 is 2.38 bits per heavy atom. The summed E-state index contributed by atoms with van der Waals surface area (Å²) in [7, 11) is 0. The second-order valence-electron chi connectivity index (χ2n) is 10.4. The van der Waals surface area contributed by atoms with Crippen molar-refractivity contribution in [1.29, 1.82) is 0 Å². The molecular formula is C27H37N3O2. The molecule has 32 heavy (non-hydrogen) atoms. The highest BCUT2D eigenvalue weighted by Gasteiger charge is 2.48. The molecule has 5 heteroatoms. The zero-order chi connectivity index (χ0) is 22.9. The highest BCUT2D eigenvalue weighted by molar-refractivity contribution is 6.00. The van der Waals surface area contributed by atoms with Gasteiger partial charge in [-0.1, -0.05) is 51.1 Å². The quantitative estimate of drug-likeness (QED) is 0.685. The SMILES string of the molecule is CC(C)CCN1C(=O)c2ccc(-c3ccccc3)n2CC1(C)C(=O)NC1CCC(C)CC1. The average molecular weight is 436 g/mol. The highest BCUT2D eigenvalue weighted by atomic mass is 16.2. The molecule has 4 rings (SSSR count). The maximum Gasteiger partial charge on any atom is 0.271 e. The van der Waals surface area contributed by atoms with Crippen LogP contribution in [0.2, 0.25) is 0 Å². The number of fused-ring (bicyclic) bond motifs is 1. The van der Waals surface area contributed by atoms with Gasteiger partial charge in [0.25, 0.3) is 5.91 Å². The van der Waals surface area contributed by atoms with Crippen LogP contribution in [0.5, 0.6) is 0 Å². The molecule has 0 spiro atoms. The number of nitrogens with one attached hydrogen (secondary N) is 1. The number of carbonyl (C=O) groups is 2. The first-order chi connectivity index (χ1) is 15.3. The van der Waals surface area contributed by atoms with Gasteiger partial charge in [-0.05, 0) is 68.6 Å². The van der Waals surface area contributed by atoms with Crippen molar-refractivity contribution in [1.82, 2.24) is 14.8 Å². The van der Waals surface area contributed by atoms with Gasteiger partial charge in [0.2, 0.25) is 5.91 Å². The van der Waals surface area contributed by atoms with Crippen molar-refractivity contribution >= 4 is 11.8 Å². The van der Waals surface area contributed by atoms with E-state index < -0.39 is 5.54 Å². The first-order valence-corrected chi connectivity index (χ1v) is 12.2. The average Bonchev–Trinajstić information content (AvgIpc) is 3.19. The van der Waals surface area contributed by atoms with Crippen molar-refractivity contribution in [3.05, 3.63) is 48.2 Å². The maximum absolute atomic E-state index is 13.7. The van der Waals surface area contributed by atoms with Crippen LogP contribution in [0.1, 0.15) is 70.3 Å². The summed E-state index contributed by atoms with van der Waals surface area (Å²) in [5.41, 5.74) is 1.81. The molecule has 0 radical (unpaired) electrons. The third-order valence-corrected chi connectivity index (χ3v) is 7.35. The van der Waals surface area contributed by atoms with E-state index in [9.17, 15) is 9.59 Å². The number of carbonyl (C=O) groups excluding carboxylic acids is 2. The van der Waals surface area contributed by atoms with Crippen LogP contribution in [-0.2, 0) is 11.3 Å². The molecule has 1 fully saturated rings. The lowest BCUT2D eigenvalue weighted by Crippen LogP contribution is -2.65. The number of hydrogen-bond donors (Lipinski definition) is 1. The summed E-state index contributed by atoms with van der Waals surface area (Å²) < 4.78 is 2.05. The Kier molecular flexibility index (Phi) is 6.45. The molecular weight excluding hydrogens is 398 g/mol. The van der Waals surface area contributed by atoms with Crippen molar-refractivity contribution in [2.24, 2.45) is 11.8 Å². The van der Waals surface area contributed by atoms with E-state index in [0.717, 1.165) is 49.3 Å². The third kappa shape index (κ3) is 4.35. The number of benzene rings is 1. The number of rotatable bonds is 6. The molecule has 1 unspecified atom stereocenters. The molecule has 1 aliphatic carbocycles. The standard InChI is InChI=1S/C27H37N3O2/c1-19(2)16-17-30-25(31)24-15-14-23(21-8-6-5-7-9-21)29(24)18-27(30,4)26(32)28-22-12-10-20(3)11-13-22/h5-9,14-15,19-20,22H,10-13,16-18H2,1-4H3,(H,28,32). The van der Waals surface area contributed by atoms with Crippen LogP contribution in [0.25, 0.3) is 11.3 Å². The summed E-state index contributed by atoms with van der Waals surface area (Å²) in [5, 5.41) is 3.32. The Labute approximate surface area is 192 Å². The zero-order valence-electron chi connectivity index (χ0n) is 19.9. The van der Waals surface area contributed by atoms with Gasteiger partial charge >= 0.3 is 0 Å². The minimum Gasteiger partial charge on any atom is -0.351 e. The van der Waals surface area contributed by atoms with E-state index in [1.54, 1.807) is 0 Å². The summed E-state index contributed by atoms with van der Waals surface area (Å²) in [4.78, 5) is 29.2. The Hall–Kier alpha value is -2.56. The molecule has 1 N–H and O–H groups in total. The molecule has 172 valence electrons. The fourth-order valence-corrected chi connectivity index (χ4v) is 5.12. The molecule has 1 aromatic heterocycles. The third-order valence-electron chi connectivity index (χ3n) is 7.35. The van der Waals surface area contributed by atoms with Crippen molar-refractivity contribution in [2.75, 3.05) is 6.54 Å². The molecule has 0 saturated heterocycles. The lowest BCUT2D eigenvalue weighted by atomic mass is 9.86. The summed E-state index contributed by atoms with van der Waals surface area (Å²) in [5.74, 6) is 1.12. The van der Waals surface area contributed by atoms with Crippen molar-refractivity contribution < 1.29 is 9.59 Å². The van der Waals surface area contributed by atoms with Gasteiger partial charge < -0.3 is 14.8 Å². The topological polar surface area (TPSA) is 54.3 Å². The maximum atomic E-state index is 13.7. The fourth-order valence-electron chi connectivity index (χ4n) is 5.12. The van der Waals surface area contributed by atoms with Gasteiger partial charge in [0, 0.05) is 18.3 Å². The molecule has 2 heterocycles. The molecule has 2 amide bonds. The van der Waals surface area contributed by atoms with E-state index >= 15 is 0 Å². The second-order valence-corrected chi connectivity index (χ2v) is 10.4. The van der Waals surface area contributed by atoms with Crippen LogP contribution < -0.4 is 5.32 Å². The van der Waals surface area contributed by atoms with Crippen LogP contribution in [0.4, 0.5) is 0 Å². The largest absolute Gasteiger partial charge is 0.351 e. The van der Waals surface area contributed by atoms with Crippen molar-refractivity contribution in [3.63, 3.8) is 0 Å². The van der Waals surface area contributed by atoms with E-state index in [4.69, 9.17) is 0 Å². The Morgan fingerprint density at radius 2 is 1.72 bits per heavy atom. The summed E-state index contributed by atoms with van der Waals surface area (Å²) >= 11 is 0. The van der Waals surface area contributed by atoms with Crippen molar-refractivity contribution in [3.8, 4) is 11.3 Å². The smallest absolute Gasteiger partial charge is 0.271 e. The monoisotopic (exact) mass is 435 g/mol. The zero-order valence-corrected chi connectivity index (χ0v) is 19.9. The molecule has 1 atom stereocenters. The first-order valence-electron chi connectivity index (χ1n) is 12.2. The van der Waals surface area contributed by atoms with E-state index in [1.165, 1.54) is 0 Å². The summed E-state index contributed by atoms with van der Waals surface area (Å²) in [6.45, 7) is 9.61. The molecule has 2 aliphatic rings. The van der Waals surface area contributed by atoms with Gasteiger partial charge in [0.1, 0.15) is 11.2 Å². The Morgan fingerprint density at radius 1 is 1.06 bits per heavy atom. The van der Waals surface area contributed by atoms with Gasteiger partial charge in [0.15, 0.2) is 0 Å². The predicted octanol–water partition coefficient (Wildman–Crippen LogP) is 5.11. The fraction of sp³-hybridized carbons (Fsp3) is 0.556. The minimum atomic E-state index is -0.912. The van der Waals surface area contributed by atoms with Gasteiger partial charge in [-0.3, -0.25) is 9.59 Å². The van der Waals surface area contributed by atoms with Gasteiger partial charge in [-0.15, -0.1) is 0 Å². The second kappa shape index (κ2) is 9.13. The van der Waals surface area contributed by atoms with E-state index in [-0.39, 0.29) is 17.9 Å². The first kappa shape index (κ1) is 22.6. The Bertz CT molecular complexity index is 957. The normalized spacial score (nSPS) is 25.7. The molecule has 1 aliphatic heterocycles. The predicted molar refractivity (Wildman–Crippen MR) is 128 cm³/mol. The minimum absolute atomic E-state index is 0.0208. The van der Waals surface area contributed by atoms with Crippen LogP contribution in [0.3, 0.4) is 0 Å². The number of aromatic nitrogens is 1. The van der Waals surface area contributed by atoms with E-state index in [0.29, 0.717) is 24.7 Å². The molecule has 2 aromatic rings. The van der Waals surface area contributed by atoms with Gasteiger partial charge in [-0.25, -0.2) is 0 Å². The molecule has 0 bridgehead atoms. The van der Waals surface area contributed by atoms with Gasteiger partial charge in [0.05, 0.1) is 6.54 Å². The van der Waals surface area contributed by atoms with E-state index in [1.807, 2.05) is 46.7 Å². The summed E-state index contributed by atoms with van der Waals surface area (Å²) in [6, 6.07) is 14.2. The van der Waals surface area contributed by atoms with E-state index in [2.05, 4.69) is 38.2 Å². The van der Waals surface area contributed by atoms with Gasteiger partial charge in [-0.2, -0.15) is 0 Å². The lowest BCUT2D eigenvalue weighted by molar-refractivity contribution is -0.134.